The van der Waals surface area contributed by atoms with Gasteiger partial charge in [-0.3, -0.25) is 9.59 Å². The lowest BCUT2D eigenvalue weighted by Crippen LogP contribution is -2.67. The van der Waals surface area contributed by atoms with Crippen molar-refractivity contribution in [2.24, 2.45) is 62.6 Å². The highest BCUT2D eigenvalue weighted by Gasteiger charge is 2.71. The van der Waals surface area contributed by atoms with Crippen LogP contribution < -0.4 is 0 Å². The smallest absolute Gasteiger partial charge is 0.305 e. The quantitative estimate of drug-likeness (QED) is 0.306. The summed E-state index contributed by atoms with van der Waals surface area (Å²) in [4.78, 5) is 24.6. The fraction of sp³-hybridized carbons (Fsp3) is 0.944. The molecule has 5 aliphatic rings. The number of hydrogen-bond acceptors (Lipinski definition) is 4. The first-order chi connectivity index (χ1) is 18.7. The maximum Gasteiger partial charge on any atom is 0.305 e. The summed E-state index contributed by atoms with van der Waals surface area (Å²) in [5, 5.41) is 0. The second-order valence-electron chi connectivity index (χ2n) is 16.7. The third-order valence-corrected chi connectivity index (χ3v) is 14.8. The summed E-state index contributed by atoms with van der Waals surface area (Å²) in [5.74, 6) is 4.03. The fourth-order valence-corrected chi connectivity index (χ4v) is 12.5. The van der Waals surface area contributed by atoms with Gasteiger partial charge in [-0.05, 0) is 116 Å². The Labute approximate surface area is 245 Å². The fourth-order valence-electron chi connectivity index (χ4n) is 12.5. The molecule has 0 unspecified atom stereocenters. The molecule has 0 aromatic carbocycles. The van der Waals surface area contributed by atoms with Crippen molar-refractivity contribution in [3.05, 3.63) is 0 Å². The van der Waals surface area contributed by atoms with Gasteiger partial charge in [0.2, 0.25) is 0 Å². The first-order valence-corrected chi connectivity index (χ1v) is 17.1. The van der Waals surface area contributed by atoms with Gasteiger partial charge in [0.05, 0.1) is 6.61 Å². The van der Waals surface area contributed by atoms with Crippen LogP contribution >= 0.6 is 0 Å². The van der Waals surface area contributed by atoms with Gasteiger partial charge in [-0.25, -0.2) is 0 Å². The highest BCUT2D eigenvalue weighted by atomic mass is 16.5. The highest BCUT2D eigenvalue weighted by molar-refractivity contribution is 5.69. The summed E-state index contributed by atoms with van der Waals surface area (Å²) in [6, 6.07) is 0. The number of carbonyl (C=O) groups is 2. The normalized spacial score (nSPS) is 47.5. The zero-order valence-electron chi connectivity index (χ0n) is 27.4. The molecule has 0 aliphatic heterocycles. The van der Waals surface area contributed by atoms with E-state index in [0.717, 1.165) is 12.3 Å². The van der Waals surface area contributed by atoms with Crippen LogP contribution in [0.2, 0.25) is 0 Å². The van der Waals surface area contributed by atoms with Crippen molar-refractivity contribution in [1.29, 1.82) is 0 Å². The third kappa shape index (κ3) is 4.25. The maximum atomic E-state index is 12.3. The van der Waals surface area contributed by atoms with Crippen LogP contribution in [0.25, 0.3) is 0 Å². The molecule has 5 rings (SSSR count). The third-order valence-electron chi connectivity index (χ3n) is 14.8. The molecule has 0 N–H and O–H groups in total. The lowest BCUT2D eigenvalue weighted by molar-refractivity contribution is -0.253. The Kier molecular flexibility index (Phi) is 7.82. The summed E-state index contributed by atoms with van der Waals surface area (Å²) >= 11 is 0. The average molecular weight is 557 g/mol. The van der Waals surface area contributed by atoms with E-state index in [4.69, 9.17) is 9.47 Å². The second-order valence-corrected chi connectivity index (χ2v) is 16.7. The Hall–Kier alpha value is -1.06. The number of carbonyl (C=O) groups excluding carboxylic acids is 2. The minimum Gasteiger partial charge on any atom is -0.465 e. The van der Waals surface area contributed by atoms with Gasteiger partial charge in [0.15, 0.2) is 0 Å². The van der Waals surface area contributed by atoms with Gasteiger partial charge in [0.25, 0.3) is 0 Å². The Morgan fingerprint density at radius 2 is 1.45 bits per heavy atom. The second kappa shape index (κ2) is 10.3. The van der Waals surface area contributed by atoms with Gasteiger partial charge in [-0.1, -0.05) is 62.3 Å². The van der Waals surface area contributed by atoms with Crippen LogP contribution in [-0.4, -0.2) is 24.6 Å². The highest BCUT2D eigenvalue weighted by Crippen LogP contribution is 2.77. The van der Waals surface area contributed by atoms with Crippen molar-refractivity contribution < 1.29 is 19.1 Å². The summed E-state index contributed by atoms with van der Waals surface area (Å²) in [6.07, 6.45) is 13.4. The van der Waals surface area contributed by atoms with E-state index in [0.29, 0.717) is 59.9 Å². The average Bonchev–Trinajstić information content (AvgIpc) is 3.29. The molecule has 0 radical (unpaired) electrons. The van der Waals surface area contributed by atoms with Crippen LogP contribution in [0.3, 0.4) is 0 Å². The standard InChI is InChI=1S/C36H60O4/c1-10-29(37)39-22-36-19-14-24(23(3)4)31(36)25-12-13-27-33(7)17-16-28(40-30(38)11-2)32(5,6)26(33)15-18-35(27,9)34(25,8)20-21-36/h23-28,31H,10-22H2,1-9H3/t24-,25+,26-,27+,28-,31+,33-,34+,35+,36+/m0/s1. The largest absolute Gasteiger partial charge is 0.465 e. The monoisotopic (exact) mass is 556 g/mol. The van der Waals surface area contributed by atoms with Crippen LogP contribution in [0.4, 0.5) is 0 Å². The van der Waals surface area contributed by atoms with Gasteiger partial charge in [-0.2, -0.15) is 0 Å². The molecular weight excluding hydrogens is 496 g/mol. The van der Waals surface area contributed by atoms with Crippen molar-refractivity contribution in [2.45, 2.75) is 145 Å². The lowest BCUT2D eigenvalue weighted by atomic mass is 9.32. The predicted octanol–water partition coefficient (Wildman–Crippen LogP) is 9.00. The molecule has 5 aliphatic carbocycles. The predicted molar refractivity (Wildman–Crippen MR) is 160 cm³/mol. The van der Waals surface area contributed by atoms with E-state index in [1.54, 1.807) is 0 Å². The number of rotatable bonds is 6. The zero-order chi connectivity index (χ0) is 29.3. The molecule has 4 heteroatoms. The number of fused-ring (bicyclic) bond motifs is 7. The lowest BCUT2D eigenvalue weighted by Gasteiger charge is -2.73. The number of ether oxygens (including phenoxy) is 2. The summed E-state index contributed by atoms with van der Waals surface area (Å²) < 4.78 is 12.1. The van der Waals surface area contributed by atoms with Crippen molar-refractivity contribution in [3.8, 4) is 0 Å². The van der Waals surface area contributed by atoms with E-state index in [1.807, 2.05) is 13.8 Å². The molecule has 0 heterocycles. The minimum atomic E-state index is -0.0399. The molecule has 0 bridgehead atoms. The van der Waals surface area contributed by atoms with Gasteiger partial charge in [0.1, 0.15) is 6.10 Å². The maximum absolute atomic E-state index is 12.3. The topological polar surface area (TPSA) is 52.6 Å². The van der Waals surface area contributed by atoms with E-state index < -0.39 is 0 Å². The van der Waals surface area contributed by atoms with Crippen LogP contribution in [0.5, 0.6) is 0 Å². The Morgan fingerprint density at radius 1 is 0.750 bits per heavy atom. The van der Waals surface area contributed by atoms with Gasteiger partial charge in [-0.15, -0.1) is 0 Å². The first-order valence-electron chi connectivity index (χ1n) is 17.1. The van der Waals surface area contributed by atoms with Crippen molar-refractivity contribution >= 4 is 11.9 Å². The summed E-state index contributed by atoms with van der Waals surface area (Å²) in [7, 11) is 0. The molecular formula is C36H60O4. The molecule has 4 nitrogen and oxygen atoms in total. The molecule has 10 atom stereocenters. The van der Waals surface area contributed by atoms with E-state index in [9.17, 15) is 9.59 Å². The Bertz CT molecular complexity index is 985. The zero-order valence-corrected chi connectivity index (χ0v) is 27.4. The number of hydrogen-bond donors (Lipinski definition) is 0. The Balaban J connectivity index is 1.46. The van der Waals surface area contributed by atoms with Crippen LogP contribution in [0, 0.1) is 62.6 Å². The molecule has 5 saturated carbocycles. The molecule has 40 heavy (non-hydrogen) atoms. The molecule has 0 spiro atoms. The summed E-state index contributed by atoms with van der Waals surface area (Å²) in [6.45, 7) is 22.2. The molecule has 0 saturated heterocycles. The summed E-state index contributed by atoms with van der Waals surface area (Å²) in [5.41, 5.74) is 1.12. The van der Waals surface area contributed by atoms with E-state index in [2.05, 4.69) is 48.5 Å². The van der Waals surface area contributed by atoms with Gasteiger partial charge >= 0.3 is 11.9 Å². The van der Waals surface area contributed by atoms with E-state index in [-0.39, 0.29) is 34.3 Å². The van der Waals surface area contributed by atoms with E-state index >= 15 is 0 Å². The van der Waals surface area contributed by atoms with Crippen LogP contribution in [-0.2, 0) is 19.1 Å². The molecule has 0 amide bonds. The first kappa shape index (κ1) is 30.4. The Morgan fingerprint density at radius 3 is 2.10 bits per heavy atom. The minimum absolute atomic E-state index is 0.00990. The van der Waals surface area contributed by atoms with Gasteiger partial charge < -0.3 is 9.47 Å². The molecule has 0 aromatic heterocycles. The molecule has 228 valence electrons. The SMILES string of the molecule is CCC(=O)OC[C@]12CC[C@@H](C(C)C)[C@@H]1[C@H]1CC[C@@H]3[C@@]4(C)CC[C@H](OC(=O)CC)C(C)(C)[C@@H]4CC[C@@]3(C)[C@]1(C)CC2. The van der Waals surface area contributed by atoms with Crippen molar-refractivity contribution in [1.82, 2.24) is 0 Å². The van der Waals surface area contributed by atoms with Crippen LogP contribution in [0.1, 0.15) is 139 Å². The van der Waals surface area contributed by atoms with Crippen molar-refractivity contribution in [3.63, 3.8) is 0 Å². The van der Waals surface area contributed by atoms with E-state index in [1.165, 1.54) is 57.8 Å². The van der Waals surface area contributed by atoms with Gasteiger partial charge in [0, 0.05) is 23.7 Å². The molecule has 0 aromatic rings. The molecule has 5 fully saturated rings. The van der Waals surface area contributed by atoms with Crippen molar-refractivity contribution in [2.75, 3.05) is 6.61 Å². The van der Waals surface area contributed by atoms with Crippen LogP contribution in [0.15, 0.2) is 0 Å². The number of esters is 2.